The molecule has 3 rings (SSSR count). The molecule has 33 heavy (non-hydrogen) atoms. The van der Waals surface area contributed by atoms with Crippen molar-refractivity contribution in [1.29, 1.82) is 0 Å². The van der Waals surface area contributed by atoms with Crippen molar-refractivity contribution in [3.63, 3.8) is 0 Å². The molecule has 0 spiro atoms. The van der Waals surface area contributed by atoms with E-state index in [0.29, 0.717) is 45.8 Å². The van der Waals surface area contributed by atoms with Gasteiger partial charge in [-0.3, -0.25) is 9.59 Å². The minimum Gasteiger partial charge on any atom is -0.466 e. The van der Waals surface area contributed by atoms with Crippen molar-refractivity contribution in [2.75, 3.05) is 13.2 Å². The number of ether oxygens (including phenoxy) is 1. The molecule has 1 aliphatic carbocycles. The van der Waals surface area contributed by atoms with Crippen LogP contribution in [0, 0.1) is 0 Å². The molecule has 8 heteroatoms. The Balaban J connectivity index is 2.07. The number of hydrogen-bond acceptors (Lipinski definition) is 3. The summed E-state index contributed by atoms with van der Waals surface area (Å²) in [5.41, 5.74) is 1.88. The fraction of sp³-hybridized carbons (Fsp3) is 0.360. The van der Waals surface area contributed by atoms with Crippen molar-refractivity contribution < 1.29 is 27.5 Å². The highest BCUT2D eigenvalue weighted by molar-refractivity contribution is 6.31. The highest BCUT2D eigenvalue weighted by Crippen LogP contribution is 2.36. The number of halogens is 4. The van der Waals surface area contributed by atoms with Gasteiger partial charge in [-0.2, -0.15) is 13.2 Å². The first kappa shape index (κ1) is 24.8. The number of likely N-dealkylation sites (N-methyl/N-ethyl adjacent to an activating group) is 1. The van der Waals surface area contributed by atoms with Crippen LogP contribution in [-0.2, 0) is 27.0 Å². The third-order valence-electron chi connectivity index (χ3n) is 5.52. The van der Waals surface area contributed by atoms with Gasteiger partial charge in [0.2, 0.25) is 5.91 Å². The maximum atomic E-state index is 13.5. The number of nitrogens with zero attached hydrogens (tertiary/aromatic N) is 1. The normalized spacial score (nSPS) is 13.8. The summed E-state index contributed by atoms with van der Waals surface area (Å²) in [6.07, 6.45) is -2.13. The summed E-state index contributed by atoms with van der Waals surface area (Å²) in [7, 11) is 0. The quantitative estimate of drug-likeness (QED) is 0.413. The Morgan fingerprint density at radius 2 is 1.85 bits per heavy atom. The minimum atomic E-state index is -4.52. The second-order valence-corrected chi connectivity index (χ2v) is 8.31. The average molecular weight is 480 g/mol. The zero-order chi connectivity index (χ0) is 24.3. The third-order valence-corrected chi connectivity index (χ3v) is 5.74. The van der Waals surface area contributed by atoms with Gasteiger partial charge in [0.05, 0.1) is 18.1 Å². The van der Waals surface area contributed by atoms with Gasteiger partial charge in [0, 0.05) is 23.7 Å². The van der Waals surface area contributed by atoms with E-state index < -0.39 is 23.6 Å². The molecular formula is C25H25ClF3NO3. The van der Waals surface area contributed by atoms with Gasteiger partial charge in [-0.1, -0.05) is 29.8 Å². The Morgan fingerprint density at radius 1 is 1.15 bits per heavy atom. The fourth-order valence-electron chi connectivity index (χ4n) is 3.57. The molecule has 0 heterocycles. The lowest BCUT2D eigenvalue weighted by molar-refractivity contribution is -0.144. The fourth-order valence-corrected chi connectivity index (χ4v) is 3.81. The van der Waals surface area contributed by atoms with Crippen LogP contribution >= 0.6 is 11.6 Å². The Morgan fingerprint density at radius 3 is 2.42 bits per heavy atom. The van der Waals surface area contributed by atoms with Crippen molar-refractivity contribution in [2.24, 2.45) is 0 Å². The van der Waals surface area contributed by atoms with E-state index in [9.17, 15) is 22.8 Å². The third kappa shape index (κ3) is 5.96. The Hall–Kier alpha value is -2.80. The summed E-state index contributed by atoms with van der Waals surface area (Å²) in [6.45, 7) is 5.78. The molecule has 1 aliphatic rings. The van der Waals surface area contributed by atoms with E-state index in [4.69, 9.17) is 16.3 Å². The number of allylic oxidation sites excluding steroid dienone is 1. The summed E-state index contributed by atoms with van der Waals surface area (Å²) >= 11 is 6.31. The first-order valence-corrected chi connectivity index (χ1v) is 11.1. The second kappa shape index (κ2) is 10.00. The minimum absolute atomic E-state index is 0.0151. The molecule has 0 aromatic heterocycles. The van der Waals surface area contributed by atoms with Crippen LogP contribution in [0.3, 0.4) is 0 Å². The van der Waals surface area contributed by atoms with Crippen LogP contribution < -0.4 is 0 Å². The van der Waals surface area contributed by atoms with Crippen LogP contribution in [0.1, 0.15) is 49.8 Å². The highest BCUT2D eigenvalue weighted by atomic mass is 35.5. The lowest BCUT2D eigenvalue weighted by Gasteiger charge is -2.23. The van der Waals surface area contributed by atoms with E-state index in [1.165, 1.54) is 11.0 Å². The van der Waals surface area contributed by atoms with E-state index in [0.717, 1.165) is 12.1 Å². The number of carbonyl (C=O) groups is 2. The summed E-state index contributed by atoms with van der Waals surface area (Å²) in [4.78, 5) is 26.3. The van der Waals surface area contributed by atoms with E-state index in [-0.39, 0.29) is 19.1 Å². The molecule has 2 aromatic carbocycles. The van der Waals surface area contributed by atoms with Gasteiger partial charge in [-0.25, -0.2) is 0 Å². The first-order valence-electron chi connectivity index (χ1n) is 10.7. The van der Waals surface area contributed by atoms with Crippen molar-refractivity contribution in [3.8, 4) is 11.1 Å². The van der Waals surface area contributed by atoms with E-state index in [1.807, 2.05) is 0 Å². The van der Waals surface area contributed by atoms with Gasteiger partial charge in [-0.15, -0.1) is 0 Å². The predicted octanol–water partition coefficient (Wildman–Crippen LogP) is 6.37. The van der Waals surface area contributed by atoms with E-state index in [1.54, 1.807) is 45.0 Å². The van der Waals surface area contributed by atoms with Crippen molar-refractivity contribution in [2.45, 2.75) is 45.8 Å². The van der Waals surface area contributed by atoms with E-state index in [2.05, 4.69) is 0 Å². The van der Waals surface area contributed by atoms with Gasteiger partial charge >= 0.3 is 12.1 Å². The molecule has 0 fully saturated rings. The number of rotatable bonds is 8. The lowest BCUT2D eigenvalue weighted by atomic mass is 9.92. The zero-order valence-electron chi connectivity index (χ0n) is 18.6. The summed E-state index contributed by atoms with van der Waals surface area (Å²) < 4.78 is 45.4. The summed E-state index contributed by atoms with van der Waals surface area (Å²) in [5, 5.41) is 0.344. The van der Waals surface area contributed by atoms with Crippen LogP contribution in [0.5, 0.6) is 0 Å². The van der Waals surface area contributed by atoms with Crippen LogP contribution in [0.2, 0.25) is 5.02 Å². The van der Waals surface area contributed by atoms with Gasteiger partial charge in [-0.05, 0) is 73.7 Å². The number of esters is 1. The monoisotopic (exact) mass is 479 g/mol. The molecule has 0 radical (unpaired) electrons. The molecule has 2 aromatic rings. The Labute approximate surface area is 196 Å². The maximum Gasteiger partial charge on any atom is 0.416 e. The molecule has 0 saturated carbocycles. The SMILES string of the molecule is CCOC(=O)C(C)c1cc(Cl)cc(-c2ccc(C(F)(F)F)cc2CN(CC)C(=O)C2=CC2)c1. The van der Waals surface area contributed by atoms with Crippen LogP contribution in [-0.4, -0.2) is 29.9 Å². The number of alkyl halides is 3. The number of carbonyl (C=O) groups excluding carboxylic acids is 2. The first-order chi connectivity index (χ1) is 15.5. The van der Waals surface area contributed by atoms with Crippen LogP contribution in [0.4, 0.5) is 13.2 Å². The molecule has 1 atom stereocenters. The molecule has 4 nitrogen and oxygen atoms in total. The van der Waals surface area contributed by atoms with Crippen LogP contribution in [0.25, 0.3) is 11.1 Å². The topological polar surface area (TPSA) is 46.6 Å². The van der Waals surface area contributed by atoms with Crippen molar-refractivity contribution >= 4 is 23.5 Å². The highest BCUT2D eigenvalue weighted by Gasteiger charge is 2.32. The lowest BCUT2D eigenvalue weighted by Crippen LogP contribution is -2.30. The zero-order valence-corrected chi connectivity index (χ0v) is 19.4. The summed E-state index contributed by atoms with van der Waals surface area (Å²) in [6, 6.07) is 8.46. The smallest absolute Gasteiger partial charge is 0.416 e. The maximum absolute atomic E-state index is 13.5. The van der Waals surface area contributed by atoms with Gasteiger partial charge in [0.15, 0.2) is 0 Å². The second-order valence-electron chi connectivity index (χ2n) is 7.87. The Kier molecular flexibility index (Phi) is 7.52. The standard InChI is InChI=1S/C25H25ClF3NO3/c1-4-30(23(31)16-6-7-16)14-19-11-20(25(27,28)29)8-9-22(19)18-10-17(12-21(26)13-18)15(3)24(32)33-5-2/h6,8-13,15H,4-5,7,14H2,1-3H3. The van der Waals surface area contributed by atoms with Gasteiger partial charge < -0.3 is 9.64 Å². The van der Waals surface area contributed by atoms with Crippen molar-refractivity contribution in [1.82, 2.24) is 4.90 Å². The summed E-state index contributed by atoms with van der Waals surface area (Å²) in [5.74, 6) is -1.20. The number of benzene rings is 2. The molecular weight excluding hydrogens is 455 g/mol. The number of hydrogen-bond donors (Lipinski definition) is 0. The van der Waals surface area contributed by atoms with Crippen LogP contribution in [0.15, 0.2) is 48.0 Å². The molecule has 1 amide bonds. The average Bonchev–Trinajstić information content (AvgIpc) is 3.61. The number of amides is 1. The molecule has 0 N–H and O–H groups in total. The Bertz CT molecular complexity index is 1090. The van der Waals surface area contributed by atoms with Gasteiger partial charge in [0.1, 0.15) is 0 Å². The molecule has 0 saturated heterocycles. The molecule has 176 valence electrons. The van der Waals surface area contributed by atoms with Gasteiger partial charge in [0.25, 0.3) is 0 Å². The molecule has 0 bridgehead atoms. The van der Waals surface area contributed by atoms with E-state index >= 15 is 0 Å². The molecule has 1 unspecified atom stereocenters. The predicted molar refractivity (Wildman–Crippen MR) is 121 cm³/mol. The largest absolute Gasteiger partial charge is 0.466 e. The molecule has 0 aliphatic heterocycles. The van der Waals surface area contributed by atoms with Crippen molar-refractivity contribution in [3.05, 3.63) is 69.8 Å².